The zero-order chi connectivity index (χ0) is 19.1. The van der Waals surface area contributed by atoms with E-state index >= 15 is 0 Å². The van der Waals surface area contributed by atoms with Crippen molar-refractivity contribution in [3.05, 3.63) is 47.2 Å². The number of nitrogens with zero attached hydrogens (tertiary/aromatic N) is 1. The molecule has 1 amide bonds. The molecule has 0 saturated heterocycles. The summed E-state index contributed by atoms with van der Waals surface area (Å²) in [7, 11) is 0. The topological polar surface area (TPSA) is 70.8 Å². The van der Waals surface area contributed by atoms with Crippen molar-refractivity contribution in [3.8, 4) is 11.3 Å². The van der Waals surface area contributed by atoms with Gasteiger partial charge in [-0.25, -0.2) is 4.79 Å². The van der Waals surface area contributed by atoms with Gasteiger partial charge in [-0.15, -0.1) is 0 Å². The van der Waals surface area contributed by atoms with Crippen LogP contribution in [-0.2, 0) is 15.0 Å². The molecule has 0 bridgehead atoms. The molecular formula is C21H23NO4. The average Bonchev–Trinajstić information content (AvgIpc) is 3.01. The van der Waals surface area contributed by atoms with Gasteiger partial charge in [0.2, 0.25) is 5.91 Å². The summed E-state index contributed by atoms with van der Waals surface area (Å²) in [4.78, 5) is 25.0. The molecule has 2 aromatic rings. The predicted octanol–water partition coefficient (Wildman–Crippen LogP) is 4.39. The summed E-state index contributed by atoms with van der Waals surface area (Å²) in [6.45, 7) is 8.80. The third-order valence-corrected chi connectivity index (χ3v) is 4.86. The summed E-state index contributed by atoms with van der Waals surface area (Å²) in [6.07, 6.45) is 2.96. The van der Waals surface area contributed by atoms with Crippen molar-refractivity contribution in [2.75, 3.05) is 11.4 Å². The molecule has 1 aliphatic rings. The number of furan rings is 1. The first kappa shape index (κ1) is 18.0. The highest BCUT2D eigenvalue weighted by Crippen LogP contribution is 2.43. The van der Waals surface area contributed by atoms with E-state index in [0.717, 1.165) is 28.5 Å². The zero-order valence-electron chi connectivity index (χ0n) is 15.5. The molecule has 2 heterocycles. The molecule has 0 spiro atoms. The van der Waals surface area contributed by atoms with E-state index in [1.54, 1.807) is 6.07 Å². The molecule has 1 N–H and O–H groups in total. The Morgan fingerprint density at radius 1 is 1.35 bits per heavy atom. The fraction of sp³-hybridized carbons (Fsp3) is 0.333. The molecule has 0 unspecified atom stereocenters. The molecule has 26 heavy (non-hydrogen) atoms. The highest BCUT2D eigenvalue weighted by molar-refractivity contribution is 5.98. The maximum atomic E-state index is 12.5. The van der Waals surface area contributed by atoms with Gasteiger partial charge in [0.1, 0.15) is 11.5 Å². The molecule has 5 heteroatoms. The van der Waals surface area contributed by atoms with E-state index in [2.05, 4.69) is 19.9 Å². The first-order valence-corrected chi connectivity index (χ1v) is 8.69. The van der Waals surface area contributed by atoms with Crippen molar-refractivity contribution >= 4 is 23.6 Å². The van der Waals surface area contributed by atoms with Crippen LogP contribution in [0.25, 0.3) is 17.4 Å². The van der Waals surface area contributed by atoms with Gasteiger partial charge in [0.15, 0.2) is 0 Å². The lowest BCUT2D eigenvalue weighted by Gasteiger charge is -2.38. The maximum absolute atomic E-state index is 12.5. The number of amides is 1. The van der Waals surface area contributed by atoms with Crippen LogP contribution in [0.2, 0.25) is 0 Å². The number of carbonyl (C=O) groups excluding carboxylic acids is 1. The van der Waals surface area contributed by atoms with E-state index in [-0.39, 0.29) is 11.3 Å². The van der Waals surface area contributed by atoms with Crippen LogP contribution in [0.1, 0.15) is 44.1 Å². The number of hydrogen-bond acceptors (Lipinski definition) is 3. The third kappa shape index (κ3) is 3.17. The van der Waals surface area contributed by atoms with E-state index < -0.39 is 5.97 Å². The van der Waals surface area contributed by atoms with Crippen LogP contribution in [0.5, 0.6) is 0 Å². The Hall–Kier alpha value is -2.82. The normalized spacial score (nSPS) is 16.2. The predicted molar refractivity (Wildman–Crippen MR) is 101 cm³/mol. The Labute approximate surface area is 152 Å². The molecule has 1 aromatic carbocycles. The second kappa shape index (κ2) is 6.48. The van der Waals surface area contributed by atoms with E-state index in [1.807, 2.05) is 30.9 Å². The molecule has 0 radical (unpaired) electrons. The minimum Gasteiger partial charge on any atom is -0.478 e. The molecule has 136 valence electrons. The van der Waals surface area contributed by atoms with Crippen molar-refractivity contribution in [3.63, 3.8) is 0 Å². The molecular weight excluding hydrogens is 330 g/mol. The number of anilines is 1. The molecule has 0 saturated carbocycles. The minimum atomic E-state index is -1.02. The summed E-state index contributed by atoms with van der Waals surface area (Å²) in [5, 5.41) is 8.74. The number of aryl methyl sites for hydroxylation is 1. The third-order valence-electron chi connectivity index (χ3n) is 4.86. The van der Waals surface area contributed by atoms with Crippen molar-refractivity contribution < 1.29 is 19.1 Å². The number of rotatable bonds is 4. The second-order valence-corrected chi connectivity index (χ2v) is 7.26. The highest BCUT2D eigenvalue weighted by atomic mass is 16.4. The van der Waals surface area contributed by atoms with Gasteiger partial charge in [0.25, 0.3) is 0 Å². The Balaban J connectivity index is 2.09. The molecule has 1 aromatic heterocycles. The quantitative estimate of drug-likeness (QED) is 0.828. The van der Waals surface area contributed by atoms with Gasteiger partial charge in [-0.1, -0.05) is 19.9 Å². The number of benzene rings is 1. The second-order valence-electron chi connectivity index (χ2n) is 7.26. The largest absolute Gasteiger partial charge is 0.478 e. The minimum absolute atomic E-state index is 0.129. The van der Waals surface area contributed by atoms with E-state index in [9.17, 15) is 9.59 Å². The van der Waals surface area contributed by atoms with Crippen molar-refractivity contribution in [2.24, 2.45) is 0 Å². The van der Waals surface area contributed by atoms with E-state index in [0.29, 0.717) is 24.5 Å². The Morgan fingerprint density at radius 2 is 2.08 bits per heavy atom. The van der Waals surface area contributed by atoms with E-state index in [1.165, 1.54) is 6.08 Å². The molecule has 1 aliphatic heterocycles. The van der Waals surface area contributed by atoms with Gasteiger partial charge in [-0.3, -0.25) is 4.79 Å². The highest BCUT2D eigenvalue weighted by Gasteiger charge is 2.36. The summed E-state index contributed by atoms with van der Waals surface area (Å²) in [6, 6.07) is 7.70. The molecule has 3 rings (SSSR count). The van der Waals surface area contributed by atoms with Gasteiger partial charge in [0.05, 0.1) is 0 Å². The SMILES string of the molecule is CCN1C(=O)CC(C)(C)c2cc(C)c(-c3ccc(/C=C/C(=O)O)o3)cc21. The van der Waals surface area contributed by atoms with E-state index in [4.69, 9.17) is 9.52 Å². The standard InChI is InChI=1S/C21H23NO4/c1-5-22-17-11-15(18-8-6-14(26-18)7-9-20(24)25)13(2)10-16(17)21(3,4)12-19(22)23/h6-11H,5,12H2,1-4H3,(H,24,25)/b9-7+. The Kier molecular flexibility index (Phi) is 4.48. The number of fused-ring (bicyclic) bond motifs is 1. The van der Waals surface area contributed by atoms with Crippen LogP contribution in [0.4, 0.5) is 5.69 Å². The summed E-state index contributed by atoms with van der Waals surface area (Å²) in [5.74, 6) is 0.238. The summed E-state index contributed by atoms with van der Waals surface area (Å²) < 4.78 is 5.79. The van der Waals surface area contributed by atoms with Gasteiger partial charge >= 0.3 is 5.97 Å². The Morgan fingerprint density at radius 3 is 2.73 bits per heavy atom. The van der Waals surface area contributed by atoms with Crippen LogP contribution >= 0.6 is 0 Å². The maximum Gasteiger partial charge on any atom is 0.328 e. The van der Waals surface area contributed by atoms with Gasteiger partial charge in [-0.2, -0.15) is 0 Å². The number of hydrogen-bond donors (Lipinski definition) is 1. The average molecular weight is 353 g/mol. The molecule has 0 fully saturated rings. The molecule has 0 atom stereocenters. The lowest BCUT2D eigenvalue weighted by molar-refractivity contribution is -0.131. The van der Waals surface area contributed by atoms with Crippen molar-refractivity contribution in [1.29, 1.82) is 0 Å². The Bertz CT molecular complexity index is 905. The molecule has 0 aliphatic carbocycles. The van der Waals surface area contributed by atoms with Crippen molar-refractivity contribution in [2.45, 2.75) is 39.5 Å². The zero-order valence-corrected chi connectivity index (χ0v) is 15.5. The smallest absolute Gasteiger partial charge is 0.328 e. The first-order chi connectivity index (χ1) is 12.2. The summed E-state index contributed by atoms with van der Waals surface area (Å²) in [5.41, 5.74) is 3.85. The molecule has 5 nitrogen and oxygen atoms in total. The number of carboxylic acids is 1. The van der Waals surface area contributed by atoms with Crippen LogP contribution in [0.15, 0.2) is 34.8 Å². The first-order valence-electron chi connectivity index (χ1n) is 8.69. The van der Waals surface area contributed by atoms with Gasteiger partial charge in [-0.05, 0) is 49.2 Å². The fourth-order valence-corrected chi connectivity index (χ4v) is 3.52. The van der Waals surface area contributed by atoms with Crippen LogP contribution in [0, 0.1) is 6.92 Å². The van der Waals surface area contributed by atoms with Crippen molar-refractivity contribution in [1.82, 2.24) is 0 Å². The number of carbonyl (C=O) groups is 2. The number of aliphatic carboxylic acids is 1. The fourth-order valence-electron chi connectivity index (χ4n) is 3.52. The van der Waals surface area contributed by atoms with Crippen LogP contribution in [0.3, 0.4) is 0 Å². The summed E-state index contributed by atoms with van der Waals surface area (Å²) >= 11 is 0. The van der Waals surface area contributed by atoms with Crippen LogP contribution in [-0.4, -0.2) is 23.5 Å². The van der Waals surface area contributed by atoms with Gasteiger partial charge in [0, 0.05) is 35.7 Å². The number of carboxylic acid groups (broad SMARTS) is 1. The monoisotopic (exact) mass is 353 g/mol. The lowest BCUT2D eigenvalue weighted by Crippen LogP contribution is -2.41. The van der Waals surface area contributed by atoms with Crippen LogP contribution < -0.4 is 4.90 Å². The lowest BCUT2D eigenvalue weighted by atomic mass is 9.76. The van der Waals surface area contributed by atoms with Gasteiger partial charge < -0.3 is 14.4 Å².